The Morgan fingerprint density at radius 2 is 0.938 bits per heavy atom. The summed E-state index contributed by atoms with van der Waals surface area (Å²) < 4.78 is 0. The zero-order valence-corrected chi connectivity index (χ0v) is 17.5. The molecule has 0 N–H and O–H groups in total. The number of fused-ring (bicyclic) bond motifs is 3. The highest BCUT2D eigenvalue weighted by molar-refractivity contribution is 6.25. The van der Waals surface area contributed by atoms with E-state index in [1.807, 2.05) is 42.5 Å². The zero-order valence-electron chi connectivity index (χ0n) is 17.5. The molecule has 6 rings (SSSR count). The van der Waals surface area contributed by atoms with E-state index < -0.39 is 0 Å². The molecular weight excluding hydrogens is 388 g/mol. The van der Waals surface area contributed by atoms with Gasteiger partial charge in [-0.3, -0.25) is 4.79 Å². The molecular formula is C31H20O. The topological polar surface area (TPSA) is 17.1 Å². The van der Waals surface area contributed by atoms with E-state index in [-0.39, 0.29) is 5.78 Å². The minimum absolute atomic E-state index is 0.0570. The van der Waals surface area contributed by atoms with E-state index >= 15 is 0 Å². The van der Waals surface area contributed by atoms with E-state index in [1.54, 1.807) is 0 Å². The molecule has 32 heavy (non-hydrogen) atoms. The van der Waals surface area contributed by atoms with Crippen LogP contribution < -0.4 is 0 Å². The largest absolute Gasteiger partial charge is 0.289 e. The third kappa shape index (κ3) is 2.91. The van der Waals surface area contributed by atoms with Crippen LogP contribution in [0.15, 0.2) is 121 Å². The number of hydrogen-bond acceptors (Lipinski definition) is 1. The zero-order chi connectivity index (χ0) is 21.5. The normalized spacial score (nSPS) is 11.2. The molecule has 0 atom stereocenters. The number of hydrogen-bond donors (Lipinski definition) is 0. The molecule has 0 radical (unpaired) electrons. The Hall–Kier alpha value is -4.23. The maximum absolute atomic E-state index is 14.2. The standard InChI is InChI=1S/C31H20O/c32-31(29-18-8-13-22-10-2-5-15-25(22)29)30-26-16-6-3-11-23(26)19-20-28(30)27-17-7-12-21-9-1-4-14-24(21)27/h1-20H. The van der Waals surface area contributed by atoms with Crippen molar-refractivity contribution in [2.75, 3.05) is 0 Å². The molecule has 0 aromatic heterocycles. The second-order valence-corrected chi connectivity index (χ2v) is 8.09. The molecule has 0 saturated heterocycles. The van der Waals surface area contributed by atoms with Gasteiger partial charge in [-0.1, -0.05) is 121 Å². The highest BCUT2D eigenvalue weighted by Crippen LogP contribution is 2.37. The van der Waals surface area contributed by atoms with Crippen molar-refractivity contribution in [3.8, 4) is 11.1 Å². The van der Waals surface area contributed by atoms with Crippen LogP contribution in [0.2, 0.25) is 0 Å². The number of ketones is 1. The van der Waals surface area contributed by atoms with Crippen LogP contribution in [0.1, 0.15) is 15.9 Å². The van der Waals surface area contributed by atoms with Gasteiger partial charge in [-0.15, -0.1) is 0 Å². The predicted molar refractivity (Wildman–Crippen MR) is 134 cm³/mol. The van der Waals surface area contributed by atoms with Crippen LogP contribution in [0.5, 0.6) is 0 Å². The van der Waals surface area contributed by atoms with Crippen molar-refractivity contribution in [2.45, 2.75) is 0 Å². The van der Waals surface area contributed by atoms with Crippen LogP contribution in [0.4, 0.5) is 0 Å². The second kappa shape index (κ2) is 7.47. The van der Waals surface area contributed by atoms with Crippen molar-refractivity contribution in [3.63, 3.8) is 0 Å². The lowest BCUT2D eigenvalue weighted by molar-refractivity contribution is 0.104. The van der Waals surface area contributed by atoms with Crippen molar-refractivity contribution in [2.24, 2.45) is 0 Å². The summed E-state index contributed by atoms with van der Waals surface area (Å²) in [6.45, 7) is 0. The predicted octanol–water partition coefficient (Wildman–Crippen LogP) is 8.04. The lowest BCUT2D eigenvalue weighted by Gasteiger charge is -2.16. The number of carbonyl (C=O) groups excluding carboxylic acids is 1. The molecule has 6 aromatic rings. The van der Waals surface area contributed by atoms with Crippen LogP contribution in [0.3, 0.4) is 0 Å². The van der Waals surface area contributed by atoms with Gasteiger partial charge in [0.05, 0.1) is 0 Å². The lowest BCUT2D eigenvalue weighted by atomic mass is 9.86. The van der Waals surface area contributed by atoms with Gasteiger partial charge in [-0.2, -0.15) is 0 Å². The quantitative estimate of drug-likeness (QED) is 0.271. The van der Waals surface area contributed by atoms with Gasteiger partial charge >= 0.3 is 0 Å². The third-order valence-electron chi connectivity index (χ3n) is 6.27. The van der Waals surface area contributed by atoms with E-state index in [2.05, 4.69) is 78.9 Å². The summed E-state index contributed by atoms with van der Waals surface area (Å²) in [6.07, 6.45) is 0. The number of benzene rings is 6. The molecule has 0 bridgehead atoms. The fourth-order valence-corrected chi connectivity index (χ4v) is 4.76. The van der Waals surface area contributed by atoms with Crippen LogP contribution in [-0.2, 0) is 0 Å². The van der Waals surface area contributed by atoms with Crippen LogP contribution in [0.25, 0.3) is 43.4 Å². The maximum Gasteiger partial charge on any atom is 0.194 e. The number of rotatable bonds is 3. The summed E-state index contributed by atoms with van der Waals surface area (Å²) in [4.78, 5) is 14.2. The van der Waals surface area contributed by atoms with Gasteiger partial charge in [0.25, 0.3) is 0 Å². The average molecular weight is 409 g/mol. The van der Waals surface area contributed by atoms with Crippen molar-refractivity contribution in [1.29, 1.82) is 0 Å². The van der Waals surface area contributed by atoms with Crippen LogP contribution in [0, 0.1) is 0 Å². The summed E-state index contributed by atoms with van der Waals surface area (Å²) in [5, 5.41) is 6.43. The Balaban J connectivity index is 1.70. The summed E-state index contributed by atoms with van der Waals surface area (Å²) in [6, 6.07) is 41.1. The molecule has 0 aliphatic heterocycles. The van der Waals surface area contributed by atoms with Crippen molar-refractivity contribution in [3.05, 3.63) is 132 Å². The molecule has 0 unspecified atom stereocenters. The molecule has 1 heteroatoms. The van der Waals surface area contributed by atoms with Gasteiger partial charge < -0.3 is 0 Å². The van der Waals surface area contributed by atoms with Gasteiger partial charge in [0.2, 0.25) is 0 Å². The Labute approximate surface area is 186 Å². The van der Waals surface area contributed by atoms with E-state index in [0.717, 1.165) is 49.2 Å². The average Bonchev–Trinajstić information content (AvgIpc) is 2.87. The Kier molecular flexibility index (Phi) is 4.33. The minimum atomic E-state index is 0.0570. The molecule has 150 valence electrons. The first kappa shape index (κ1) is 18.5. The second-order valence-electron chi connectivity index (χ2n) is 8.09. The summed E-state index contributed by atoms with van der Waals surface area (Å²) >= 11 is 0. The first-order chi connectivity index (χ1) is 15.8. The van der Waals surface area contributed by atoms with Gasteiger partial charge in [0.1, 0.15) is 0 Å². The van der Waals surface area contributed by atoms with E-state index in [4.69, 9.17) is 0 Å². The Bertz CT molecular complexity index is 1630. The summed E-state index contributed by atoms with van der Waals surface area (Å²) in [7, 11) is 0. The molecule has 0 amide bonds. The van der Waals surface area contributed by atoms with Crippen molar-refractivity contribution >= 4 is 38.1 Å². The summed E-state index contributed by atoms with van der Waals surface area (Å²) in [5.74, 6) is 0.0570. The molecule has 0 spiro atoms. The highest BCUT2D eigenvalue weighted by Gasteiger charge is 2.21. The summed E-state index contributed by atoms with van der Waals surface area (Å²) in [5.41, 5.74) is 3.55. The van der Waals surface area contributed by atoms with E-state index in [9.17, 15) is 4.79 Å². The van der Waals surface area contributed by atoms with Crippen molar-refractivity contribution < 1.29 is 4.79 Å². The molecule has 0 saturated carbocycles. The van der Waals surface area contributed by atoms with Gasteiger partial charge in [0.15, 0.2) is 5.78 Å². The lowest BCUT2D eigenvalue weighted by Crippen LogP contribution is -2.06. The fourth-order valence-electron chi connectivity index (χ4n) is 4.76. The molecule has 0 aliphatic carbocycles. The first-order valence-corrected chi connectivity index (χ1v) is 10.8. The SMILES string of the molecule is O=C(c1cccc2ccccc12)c1c(-c2cccc3ccccc23)ccc2ccccc12. The Morgan fingerprint density at radius 1 is 0.406 bits per heavy atom. The molecule has 6 aromatic carbocycles. The Morgan fingerprint density at radius 3 is 1.69 bits per heavy atom. The van der Waals surface area contributed by atoms with Crippen LogP contribution >= 0.6 is 0 Å². The molecule has 0 aliphatic rings. The van der Waals surface area contributed by atoms with Crippen LogP contribution in [-0.4, -0.2) is 5.78 Å². The van der Waals surface area contributed by atoms with Gasteiger partial charge in [-0.25, -0.2) is 0 Å². The maximum atomic E-state index is 14.2. The van der Waals surface area contributed by atoms with Gasteiger partial charge in [-0.05, 0) is 43.4 Å². The van der Waals surface area contributed by atoms with E-state index in [0.29, 0.717) is 0 Å². The first-order valence-electron chi connectivity index (χ1n) is 10.8. The molecule has 0 heterocycles. The highest BCUT2D eigenvalue weighted by atomic mass is 16.1. The molecule has 0 fully saturated rings. The monoisotopic (exact) mass is 408 g/mol. The fraction of sp³-hybridized carbons (Fsp3) is 0. The van der Waals surface area contributed by atoms with Gasteiger partial charge in [0, 0.05) is 11.1 Å². The minimum Gasteiger partial charge on any atom is -0.289 e. The van der Waals surface area contributed by atoms with Crippen molar-refractivity contribution in [1.82, 2.24) is 0 Å². The number of carbonyl (C=O) groups is 1. The third-order valence-corrected chi connectivity index (χ3v) is 6.27. The smallest absolute Gasteiger partial charge is 0.194 e. The van der Waals surface area contributed by atoms with E-state index in [1.165, 1.54) is 5.39 Å². The molecule has 1 nitrogen and oxygen atoms in total.